The Hall–Kier alpha value is -2.89. The molecule has 2 rings (SSSR count). The highest BCUT2D eigenvalue weighted by Crippen LogP contribution is 2.20. The Morgan fingerprint density at radius 2 is 1.96 bits per heavy atom. The number of hydrogen-bond donors (Lipinski definition) is 1. The molecule has 0 atom stereocenters. The van der Waals surface area contributed by atoms with Gasteiger partial charge in [0.15, 0.2) is 0 Å². The highest BCUT2D eigenvalue weighted by atomic mass is 32.2. The molecular formula is C18H18N2O5S. The van der Waals surface area contributed by atoms with Gasteiger partial charge >= 0.3 is 5.97 Å². The smallest absolute Gasteiger partial charge is 0.321 e. The van der Waals surface area contributed by atoms with Gasteiger partial charge in [0.05, 0.1) is 17.6 Å². The number of rotatable bonds is 7. The van der Waals surface area contributed by atoms with E-state index in [0.717, 1.165) is 5.56 Å². The minimum Gasteiger partial charge on any atom is -0.496 e. The predicted octanol–water partition coefficient (Wildman–Crippen LogP) is 1.90. The van der Waals surface area contributed by atoms with Crippen molar-refractivity contribution in [2.45, 2.75) is 18.4 Å². The number of carbonyl (C=O) groups is 1. The number of esters is 1. The first-order valence-corrected chi connectivity index (χ1v) is 9.13. The highest BCUT2D eigenvalue weighted by molar-refractivity contribution is 7.89. The Labute approximate surface area is 152 Å². The average Bonchev–Trinajstić information content (AvgIpc) is 2.64. The van der Waals surface area contributed by atoms with E-state index in [1.54, 1.807) is 18.2 Å². The summed E-state index contributed by atoms with van der Waals surface area (Å²) in [6.45, 7) is 1.31. The molecule has 0 aliphatic carbocycles. The summed E-state index contributed by atoms with van der Waals surface area (Å²) in [6.07, 6.45) is 0. The van der Waals surface area contributed by atoms with E-state index in [0.29, 0.717) is 11.3 Å². The quantitative estimate of drug-likeness (QED) is 0.742. The summed E-state index contributed by atoms with van der Waals surface area (Å²) in [6, 6.07) is 13.0. The molecule has 26 heavy (non-hydrogen) atoms. The normalized spacial score (nSPS) is 10.8. The van der Waals surface area contributed by atoms with Crippen molar-refractivity contribution in [3.63, 3.8) is 0 Å². The van der Waals surface area contributed by atoms with Gasteiger partial charge < -0.3 is 9.47 Å². The van der Waals surface area contributed by atoms with E-state index in [9.17, 15) is 13.2 Å². The number of hydrogen-bond acceptors (Lipinski definition) is 6. The fraction of sp³-hybridized carbons (Fsp3) is 0.222. The highest BCUT2D eigenvalue weighted by Gasteiger charge is 2.19. The van der Waals surface area contributed by atoms with Crippen molar-refractivity contribution in [2.75, 3.05) is 13.7 Å². The number of nitrogens with zero attached hydrogens (tertiary/aromatic N) is 1. The lowest BCUT2D eigenvalue weighted by Crippen LogP contribution is -2.31. The lowest BCUT2D eigenvalue weighted by molar-refractivity contribution is -0.143. The summed E-state index contributed by atoms with van der Waals surface area (Å²) < 4.78 is 36.9. The van der Waals surface area contributed by atoms with Crippen LogP contribution in [-0.4, -0.2) is 28.0 Å². The second-order valence-electron chi connectivity index (χ2n) is 5.41. The van der Waals surface area contributed by atoms with Gasteiger partial charge in [0, 0.05) is 5.56 Å². The average molecular weight is 374 g/mol. The Balaban J connectivity index is 1.99. The fourth-order valence-corrected chi connectivity index (χ4v) is 3.38. The number of nitriles is 1. The molecule has 0 aliphatic heterocycles. The lowest BCUT2D eigenvalue weighted by Gasteiger charge is -2.11. The first-order chi connectivity index (χ1) is 12.4. The molecule has 1 N–H and O–H groups in total. The molecular weight excluding hydrogens is 356 g/mol. The number of carbonyl (C=O) groups excluding carboxylic acids is 1. The van der Waals surface area contributed by atoms with Crippen LogP contribution in [-0.2, 0) is 26.2 Å². The third-order valence-electron chi connectivity index (χ3n) is 3.53. The molecule has 0 heterocycles. The summed E-state index contributed by atoms with van der Waals surface area (Å²) in [4.78, 5) is 11.7. The van der Waals surface area contributed by atoms with Gasteiger partial charge in [0.2, 0.25) is 10.0 Å². The molecule has 0 saturated heterocycles. The van der Waals surface area contributed by atoms with E-state index in [1.165, 1.54) is 25.3 Å². The van der Waals surface area contributed by atoms with Gasteiger partial charge in [-0.25, -0.2) is 8.42 Å². The third-order valence-corrected chi connectivity index (χ3v) is 4.99. The summed E-state index contributed by atoms with van der Waals surface area (Å²) in [5, 5.41) is 9.00. The first kappa shape index (κ1) is 19.4. The van der Waals surface area contributed by atoms with Crippen molar-refractivity contribution in [1.82, 2.24) is 4.72 Å². The fourth-order valence-electron chi connectivity index (χ4n) is 2.25. The maximum atomic E-state index is 12.2. The summed E-state index contributed by atoms with van der Waals surface area (Å²) in [7, 11) is -2.49. The van der Waals surface area contributed by atoms with Crippen LogP contribution in [0, 0.1) is 18.3 Å². The van der Waals surface area contributed by atoms with Gasteiger partial charge in [-0.3, -0.25) is 4.79 Å². The van der Waals surface area contributed by atoms with Crippen molar-refractivity contribution in [2.24, 2.45) is 0 Å². The standard InChI is InChI=1S/C18H18N2O5S/c1-13-7-8-16(24-2)15(9-13)12-25-18(21)11-20-26(22,23)17-6-4-3-5-14(17)10-19/h3-9,20H,11-12H2,1-2H3. The summed E-state index contributed by atoms with van der Waals surface area (Å²) >= 11 is 0. The third kappa shape index (κ3) is 4.81. The van der Waals surface area contributed by atoms with Crippen molar-refractivity contribution in [3.05, 3.63) is 59.2 Å². The summed E-state index contributed by atoms with van der Waals surface area (Å²) in [5.41, 5.74) is 1.65. The molecule has 0 fully saturated rings. The molecule has 0 spiro atoms. The van der Waals surface area contributed by atoms with Crippen LogP contribution in [0.15, 0.2) is 47.4 Å². The van der Waals surface area contributed by atoms with Crippen LogP contribution >= 0.6 is 0 Å². The molecule has 7 nitrogen and oxygen atoms in total. The molecule has 0 aromatic heterocycles. The minimum atomic E-state index is -4.00. The molecule has 136 valence electrons. The number of nitrogens with one attached hydrogen (secondary N) is 1. The van der Waals surface area contributed by atoms with E-state index in [4.69, 9.17) is 14.7 Å². The van der Waals surface area contributed by atoms with Crippen molar-refractivity contribution in [1.29, 1.82) is 5.26 Å². The van der Waals surface area contributed by atoms with Crippen molar-refractivity contribution < 1.29 is 22.7 Å². The Kier molecular flexibility index (Phi) is 6.33. The molecule has 0 bridgehead atoms. The number of sulfonamides is 1. The number of benzene rings is 2. The van der Waals surface area contributed by atoms with Crippen LogP contribution in [0.4, 0.5) is 0 Å². The van der Waals surface area contributed by atoms with Gasteiger partial charge in [-0.1, -0.05) is 23.8 Å². The Morgan fingerprint density at radius 3 is 2.65 bits per heavy atom. The topological polar surface area (TPSA) is 105 Å². The van der Waals surface area contributed by atoms with Crippen LogP contribution in [0.2, 0.25) is 0 Å². The molecule has 8 heteroatoms. The minimum absolute atomic E-state index is 0.00198. The second-order valence-corrected chi connectivity index (χ2v) is 7.14. The van der Waals surface area contributed by atoms with Crippen LogP contribution in [0.25, 0.3) is 0 Å². The summed E-state index contributed by atoms with van der Waals surface area (Å²) in [5.74, 6) is -0.168. The molecule has 2 aromatic rings. The van der Waals surface area contributed by atoms with Crippen LogP contribution in [0.3, 0.4) is 0 Å². The van der Waals surface area contributed by atoms with E-state index >= 15 is 0 Å². The molecule has 0 radical (unpaired) electrons. The van der Waals surface area contributed by atoms with Gasteiger partial charge in [-0.2, -0.15) is 9.98 Å². The molecule has 2 aromatic carbocycles. The van der Waals surface area contributed by atoms with E-state index in [-0.39, 0.29) is 17.1 Å². The SMILES string of the molecule is COc1ccc(C)cc1COC(=O)CNS(=O)(=O)c1ccccc1C#N. The van der Waals surface area contributed by atoms with Gasteiger partial charge in [0.1, 0.15) is 25.0 Å². The van der Waals surface area contributed by atoms with Crippen molar-refractivity contribution >= 4 is 16.0 Å². The van der Waals surface area contributed by atoms with Gasteiger partial charge in [0.25, 0.3) is 0 Å². The second kappa shape index (κ2) is 8.47. The lowest BCUT2D eigenvalue weighted by atomic mass is 10.1. The maximum absolute atomic E-state index is 12.2. The zero-order valence-corrected chi connectivity index (χ0v) is 15.2. The predicted molar refractivity (Wildman–Crippen MR) is 93.9 cm³/mol. The maximum Gasteiger partial charge on any atom is 0.321 e. The molecule has 0 unspecified atom stereocenters. The number of methoxy groups -OCH3 is 1. The molecule has 0 saturated carbocycles. The molecule has 0 amide bonds. The van der Waals surface area contributed by atoms with Crippen LogP contribution in [0.5, 0.6) is 5.75 Å². The van der Waals surface area contributed by atoms with Crippen molar-refractivity contribution in [3.8, 4) is 11.8 Å². The zero-order chi connectivity index (χ0) is 19.2. The van der Waals surface area contributed by atoms with Crippen LogP contribution < -0.4 is 9.46 Å². The number of ether oxygens (including phenoxy) is 2. The Morgan fingerprint density at radius 1 is 1.23 bits per heavy atom. The monoisotopic (exact) mass is 374 g/mol. The van der Waals surface area contributed by atoms with E-state index < -0.39 is 22.5 Å². The zero-order valence-electron chi connectivity index (χ0n) is 14.4. The van der Waals surface area contributed by atoms with Gasteiger partial charge in [-0.15, -0.1) is 0 Å². The number of aryl methyl sites for hydroxylation is 1. The molecule has 0 aliphatic rings. The first-order valence-electron chi connectivity index (χ1n) is 7.65. The van der Waals surface area contributed by atoms with E-state index in [2.05, 4.69) is 4.72 Å². The largest absolute Gasteiger partial charge is 0.496 e. The van der Waals surface area contributed by atoms with Gasteiger partial charge in [-0.05, 0) is 31.2 Å². The van der Waals surface area contributed by atoms with Crippen LogP contribution in [0.1, 0.15) is 16.7 Å². The Bertz CT molecular complexity index is 948. The van der Waals surface area contributed by atoms with E-state index in [1.807, 2.05) is 19.1 Å².